The summed E-state index contributed by atoms with van der Waals surface area (Å²) in [5.74, 6) is 0.657. The summed E-state index contributed by atoms with van der Waals surface area (Å²) in [7, 11) is 5.57. The van der Waals surface area contributed by atoms with Gasteiger partial charge in [0.1, 0.15) is 7.85 Å². The standard InChI is InChI=1S/C7H13BO/c1-3-6-5(2)4-7(8)9-6/h5-7H,3-4H2,1-2H3/t5?,6-,7-/m1/s1. The summed E-state index contributed by atoms with van der Waals surface area (Å²) in [6.45, 7) is 4.33. The van der Waals surface area contributed by atoms with Gasteiger partial charge < -0.3 is 4.74 Å². The predicted octanol–water partition coefficient (Wildman–Crippen LogP) is 1.32. The second-order valence-corrected chi connectivity index (χ2v) is 2.83. The van der Waals surface area contributed by atoms with Gasteiger partial charge in [0.05, 0.1) is 6.10 Å². The lowest BCUT2D eigenvalue weighted by molar-refractivity contribution is 0.0718. The summed E-state index contributed by atoms with van der Waals surface area (Å²) in [6, 6.07) is 0.00458. The highest BCUT2D eigenvalue weighted by Gasteiger charge is 2.26. The summed E-state index contributed by atoms with van der Waals surface area (Å²) in [4.78, 5) is 0. The number of rotatable bonds is 1. The fourth-order valence-corrected chi connectivity index (χ4v) is 1.43. The topological polar surface area (TPSA) is 9.23 Å². The van der Waals surface area contributed by atoms with Gasteiger partial charge in [0.15, 0.2) is 0 Å². The summed E-state index contributed by atoms with van der Waals surface area (Å²) < 4.78 is 5.40. The van der Waals surface area contributed by atoms with Crippen molar-refractivity contribution in [2.75, 3.05) is 0 Å². The van der Waals surface area contributed by atoms with Crippen LogP contribution in [0.5, 0.6) is 0 Å². The minimum atomic E-state index is 0.00458. The first-order chi connectivity index (χ1) is 4.24. The van der Waals surface area contributed by atoms with E-state index in [1.54, 1.807) is 0 Å². The van der Waals surface area contributed by atoms with Crippen molar-refractivity contribution in [2.45, 2.75) is 38.8 Å². The van der Waals surface area contributed by atoms with Gasteiger partial charge in [0.25, 0.3) is 0 Å². The van der Waals surface area contributed by atoms with Gasteiger partial charge in [-0.15, -0.1) is 0 Å². The molecule has 0 spiro atoms. The zero-order chi connectivity index (χ0) is 6.85. The van der Waals surface area contributed by atoms with Crippen molar-refractivity contribution in [3.05, 3.63) is 0 Å². The molecule has 2 radical (unpaired) electrons. The average Bonchev–Trinajstić information content (AvgIpc) is 2.10. The van der Waals surface area contributed by atoms with Crippen LogP contribution in [-0.4, -0.2) is 20.0 Å². The molecule has 0 aromatic rings. The van der Waals surface area contributed by atoms with E-state index in [9.17, 15) is 0 Å². The average molecular weight is 124 g/mol. The Morgan fingerprint density at radius 1 is 1.67 bits per heavy atom. The number of ether oxygens (including phenoxy) is 1. The van der Waals surface area contributed by atoms with Gasteiger partial charge >= 0.3 is 0 Å². The molecule has 1 unspecified atom stereocenters. The van der Waals surface area contributed by atoms with Crippen LogP contribution in [0.1, 0.15) is 26.7 Å². The third kappa shape index (κ3) is 1.48. The number of hydrogen-bond donors (Lipinski definition) is 0. The second kappa shape index (κ2) is 2.74. The minimum Gasteiger partial charge on any atom is -0.384 e. The highest BCUT2D eigenvalue weighted by molar-refractivity contribution is 6.11. The van der Waals surface area contributed by atoms with Crippen molar-refractivity contribution in [3.8, 4) is 0 Å². The SMILES string of the molecule is [B][C@H]1CC(C)[C@@H](CC)O1. The third-order valence-electron chi connectivity index (χ3n) is 1.99. The fourth-order valence-electron chi connectivity index (χ4n) is 1.43. The quantitative estimate of drug-likeness (QED) is 0.479. The molecule has 1 aliphatic heterocycles. The Morgan fingerprint density at radius 2 is 2.33 bits per heavy atom. The normalized spacial score (nSPS) is 43.6. The molecule has 0 bridgehead atoms. The van der Waals surface area contributed by atoms with E-state index in [0.717, 1.165) is 12.8 Å². The van der Waals surface area contributed by atoms with Crippen LogP contribution in [0.25, 0.3) is 0 Å². The molecule has 0 aliphatic carbocycles. The number of hydrogen-bond acceptors (Lipinski definition) is 1. The molecule has 1 saturated heterocycles. The van der Waals surface area contributed by atoms with Gasteiger partial charge in [0.2, 0.25) is 0 Å². The van der Waals surface area contributed by atoms with Crippen molar-refractivity contribution >= 4 is 7.85 Å². The van der Waals surface area contributed by atoms with Gasteiger partial charge in [-0.25, -0.2) is 0 Å². The van der Waals surface area contributed by atoms with E-state index >= 15 is 0 Å². The molecule has 0 amide bonds. The van der Waals surface area contributed by atoms with Crippen molar-refractivity contribution in [3.63, 3.8) is 0 Å². The van der Waals surface area contributed by atoms with Crippen molar-refractivity contribution in [1.82, 2.24) is 0 Å². The third-order valence-corrected chi connectivity index (χ3v) is 1.99. The van der Waals surface area contributed by atoms with E-state index in [2.05, 4.69) is 13.8 Å². The zero-order valence-corrected chi connectivity index (χ0v) is 6.13. The van der Waals surface area contributed by atoms with Gasteiger partial charge in [0, 0.05) is 6.00 Å². The second-order valence-electron chi connectivity index (χ2n) is 2.83. The van der Waals surface area contributed by atoms with Crippen LogP contribution in [-0.2, 0) is 4.74 Å². The maximum atomic E-state index is 5.57. The van der Waals surface area contributed by atoms with Crippen molar-refractivity contribution < 1.29 is 4.74 Å². The Morgan fingerprint density at radius 3 is 2.56 bits per heavy atom. The molecule has 1 fully saturated rings. The highest BCUT2D eigenvalue weighted by atomic mass is 16.5. The Balaban J connectivity index is 2.38. The Kier molecular flexibility index (Phi) is 2.17. The first-order valence-corrected chi connectivity index (χ1v) is 3.65. The van der Waals surface area contributed by atoms with Gasteiger partial charge in [-0.05, 0) is 18.8 Å². The van der Waals surface area contributed by atoms with Gasteiger partial charge in [-0.3, -0.25) is 0 Å². The van der Waals surface area contributed by atoms with Crippen molar-refractivity contribution in [1.29, 1.82) is 0 Å². The van der Waals surface area contributed by atoms with Crippen LogP contribution in [0.3, 0.4) is 0 Å². The molecule has 0 saturated carbocycles. The molecule has 2 heteroatoms. The Bertz CT molecular complexity index is 94.9. The maximum absolute atomic E-state index is 5.57. The lowest BCUT2D eigenvalue weighted by atomic mass is 9.91. The van der Waals surface area contributed by atoms with Crippen LogP contribution >= 0.6 is 0 Å². The van der Waals surface area contributed by atoms with Crippen LogP contribution in [0.2, 0.25) is 0 Å². The summed E-state index contributed by atoms with van der Waals surface area (Å²) in [5.41, 5.74) is 0. The molecular formula is C7H13BO. The fraction of sp³-hybridized carbons (Fsp3) is 1.00. The summed E-state index contributed by atoms with van der Waals surface area (Å²) in [5, 5.41) is 0. The van der Waals surface area contributed by atoms with E-state index in [0.29, 0.717) is 12.0 Å². The molecule has 0 N–H and O–H groups in total. The van der Waals surface area contributed by atoms with E-state index in [1.165, 1.54) is 0 Å². The first kappa shape index (κ1) is 7.14. The molecule has 1 nitrogen and oxygen atoms in total. The Hall–Kier alpha value is 0.0249. The predicted molar refractivity (Wildman–Crippen MR) is 38.5 cm³/mol. The molecule has 0 aromatic heterocycles. The van der Waals surface area contributed by atoms with Crippen LogP contribution in [0.4, 0.5) is 0 Å². The van der Waals surface area contributed by atoms with E-state index in [1.807, 2.05) is 0 Å². The zero-order valence-electron chi connectivity index (χ0n) is 6.13. The molecule has 9 heavy (non-hydrogen) atoms. The van der Waals surface area contributed by atoms with E-state index in [4.69, 9.17) is 12.6 Å². The summed E-state index contributed by atoms with van der Waals surface area (Å²) >= 11 is 0. The van der Waals surface area contributed by atoms with Crippen LogP contribution < -0.4 is 0 Å². The van der Waals surface area contributed by atoms with E-state index < -0.39 is 0 Å². The largest absolute Gasteiger partial charge is 0.384 e. The molecular weight excluding hydrogens is 111 g/mol. The molecule has 0 aromatic carbocycles. The van der Waals surface area contributed by atoms with Crippen LogP contribution in [0.15, 0.2) is 0 Å². The molecule has 1 aliphatic rings. The highest BCUT2D eigenvalue weighted by Crippen LogP contribution is 2.25. The van der Waals surface area contributed by atoms with Crippen LogP contribution in [0, 0.1) is 5.92 Å². The minimum absolute atomic E-state index is 0.00458. The monoisotopic (exact) mass is 124 g/mol. The molecule has 1 heterocycles. The lowest BCUT2D eigenvalue weighted by Gasteiger charge is -2.10. The van der Waals surface area contributed by atoms with Gasteiger partial charge in [-0.2, -0.15) is 0 Å². The molecule has 3 atom stereocenters. The smallest absolute Gasteiger partial charge is 0.109 e. The molecule has 50 valence electrons. The Labute approximate surface area is 58.2 Å². The van der Waals surface area contributed by atoms with E-state index in [-0.39, 0.29) is 6.00 Å². The van der Waals surface area contributed by atoms with Crippen molar-refractivity contribution in [2.24, 2.45) is 5.92 Å². The lowest BCUT2D eigenvalue weighted by Crippen LogP contribution is -2.12. The van der Waals surface area contributed by atoms with Gasteiger partial charge in [-0.1, -0.05) is 13.8 Å². The maximum Gasteiger partial charge on any atom is 0.109 e. The first-order valence-electron chi connectivity index (χ1n) is 3.65. The summed E-state index contributed by atoms with van der Waals surface area (Å²) in [6.07, 6.45) is 2.54. The molecule has 1 rings (SSSR count).